The minimum absolute atomic E-state index is 0.134. The van der Waals surface area contributed by atoms with Crippen molar-refractivity contribution in [3.8, 4) is 17.1 Å². The van der Waals surface area contributed by atoms with Crippen LogP contribution in [0.4, 0.5) is 5.95 Å². The van der Waals surface area contributed by atoms with Crippen molar-refractivity contribution in [2.24, 2.45) is 0 Å². The minimum Gasteiger partial charge on any atom is -0.497 e. The molecule has 0 spiro atoms. The van der Waals surface area contributed by atoms with Crippen LogP contribution in [0.1, 0.15) is 33.1 Å². The number of nitrogens with zero attached hydrogens (tertiary/aromatic N) is 3. The molecule has 2 heterocycles. The van der Waals surface area contributed by atoms with Gasteiger partial charge in [0.1, 0.15) is 5.75 Å². The fourth-order valence-electron chi connectivity index (χ4n) is 3.51. The van der Waals surface area contributed by atoms with Gasteiger partial charge in [0.05, 0.1) is 24.3 Å². The van der Waals surface area contributed by atoms with Crippen LogP contribution in [0.5, 0.6) is 5.75 Å². The molecule has 0 aliphatic rings. The van der Waals surface area contributed by atoms with Gasteiger partial charge in [0.2, 0.25) is 11.9 Å². The third-order valence-corrected chi connectivity index (χ3v) is 4.98. The van der Waals surface area contributed by atoms with Crippen LogP contribution in [0.25, 0.3) is 22.4 Å². The highest BCUT2D eigenvalue weighted by Gasteiger charge is 2.22. The third kappa shape index (κ3) is 4.45. The van der Waals surface area contributed by atoms with Gasteiger partial charge in [-0.25, -0.2) is 9.97 Å². The summed E-state index contributed by atoms with van der Waals surface area (Å²) in [5.41, 5.74) is 2.52. The number of fused-ring (bicyclic) bond motifs is 1. The molecular weight excluding hydrogens is 392 g/mol. The monoisotopic (exact) mass is 418 g/mol. The van der Waals surface area contributed by atoms with Crippen molar-refractivity contribution in [2.75, 3.05) is 12.4 Å². The molecule has 0 aliphatic carbocycles. The van der Waals surface area contributed by atoms with E-state index in [0.717, 1.165) is 22.3 Å². The van der Waals surface area contributed by atoms with Gasteiger partial charge in [0.15, 0.2) is 11.7 Å². The maximum Gasteiger partial charge on any atom is 0.227 e. The molecule has 1 amide bonds. The van der Waals surface area contributed by atoms with Crippen LogP contribution in [0, 0.1) is 0 Å². The quantitative estimate of drug-likeness (QED) is 0.475. The van der Waals surface area contributed by atoms with Crippen molar-refractivity contribution in [1.82, 2.24) is 14.5 Å². The highest BCUT2D eigenvalue weighted by atomic mass is 16.5. The highest BCUT2D eigenvalue weighted by molar-refractivity contribution is 5.91. The number of benzene rings is 2. The summed E-state index contributed by atoms with van der Waals surface area (Å²) < 4.78 is 13.0. The van der Waals surface area contributed by atoms with Crippen LogP contribution in [0.2, 0.25) is 0 Å². The van der Waals surface area contributed by atoms with Crippen LogP contribution in [-0.4, -0.2) is 27.6 Å². The predicted molar refractivity (Wildman–Crippen MR) is 120 cm³/mol. The maximum atomic E-state index is 12.6. The zero-order chi connectivity index (χ0) is 22.0. The van der Waals surface area contributed by atoms with E-state index in [-0.39, 0.29) is 17.9 Å². The Bertz CT molecular complexity index is 1200. The average Bonchev–Trinajstić information content (AvgIpc) is 3.36. The summed E-state index contributed by atoms with van der Waals surface area (Å²) in [6, 6.07) is 15.4. The Balaban J connectivity index is 1.44. The number of amides is 1. The number of ether oxygens (including phenoxy) is 1. The second kappa shape index (κ2) is 8.26. The fraction of sp³-hybridized carbons (Fsp3) is 0.292. The standard InChI is InChI=1S/C24H26N4O3/c1-24(2,3)28-19-8-6-5-7-18(19)26-23(28)27-21(29)13-14-22-25-15-20(31-22)16-9-11-17(30-4)12-10-16/h5-12,15H,13-14H2,1-4H3,(H,26,27,29). The van der Waals surface area contributed by atoms with E-state index in [1.165, 1.54) is 0 Å². The predicted octanol–water partition coefficient (Wildman–Crippen LogP) is 5.03. The SMILES string of the molecule is COc1ccc(-c2cnc(CCC(=O)Nc3nc4ccccc4n3C(C)(C)C)o2)cc1. The van der Waals surface area contributed by atoms with Crippen LogP contribution >= 0.6 is 0 Å². The van der Waals surface area contributed by atoms with Gasteiger partial charge in [-0.05, 0) is 57.2 Å². The molecule has 4 rings (SSSR count). The summed E-state index contributed by atoms with van der Waals surface area (Å²) in [7, 11) is 1.63. The molecule has 0 aliphatic heterocycles. The summed E-state index contributed by atoms with van der Waals surface area (Å²) in [6.07, 6.45) is 2.32. The zero-order valence-corrected chi connectivity index (χ0v) is 18.2. The van der Waals surface area contributed by atoms with Crippen molar-refractivity contribution in [1.29, 1.82) is 0 Å². The summed E-state index contributed by atoms with van der Waals surface area (Å²) in [6.45, 7) is 6.26. The number of anilines is 1. The number of oxazole rings is 1. The van der Waals surface area contributed by atoms with Crippen molar-refractivity contribution in [2.45, 2.75) is 39.2 Å². The van der Waals surface area contributed by atoms with Gasteiger partial charge < -0.3 is 13.7 Å². The first-order valence-electron chi connectivity index (χ1n) is 10.2. The van der Waals surface area contributed by atoms with Gasteiger partial charge in [-0.3, -0.25) is 10.1 Å². The summed E-state index contributed by atoms with van der Waals surface area (Å²) in [4.78, 5) is 21.6. The molecule has 2 aromatic heterocycles. The minimum atomic E-state index is -0.228. The summed E-state index contributed by atoms with van der Waals surface area (Å²) in [5, 5.41) is 2.96. The highest BCUT2D eigenvalue weighted by Crippen LogP contribution is 2.28. The van der Waals surface area contributed by atoms with E-state index in [9.17, 15) is 4.79 Å². The first-order valence-corrected chi connectivity index (χ1v) is 10.2. The Morgan fingerprint density at radius 2 is 1.87 bits per heavy atom. The smallest absolute Gasteiger partial charge is 0.227 e. The van der Waals surface area contributed by atoms with Crippen LogP contribution in [0.3, 0.4) is 0 Å². The van der Waals surface area contributed by atoms with E-state index >= 15 is 0 Å². The first kappa shape index (κ1) is 20.7. The molecule has 0 bridgehead atoms. The lowest BCUT2D eigenvalue weighted by atomic mass is 10.1. The van der Waals surface area contributed by atoms with Gasteiger partial charge >= 0.3 is 0 Å². The second-order valence-electron chi connectivity index (χ2n) is 8.33. The number of aryl methyl sites for hydroxylation is 1. The van der Waals surface area contributed by atoms with E-state index in [1.54, 1.807) is 13.3 Å². The first-order chi connectivity index (χ1) is 14.8. The molecular formula is C24H26N4O3. The normalized spacial score (nSPS) is 11.6. The molecule has 160 valence electrons. The fourth-order valence-corrected chi connectivity index (χ4v) is 3.51. The Morgan fingerprint density at radius 1 is 1.13 bits per heavy atom. The Labute approximate surface area is 181 Å². The molecule has 31 heavy (non-hydrogen) atoms. The van der Waals surface area contributed by atoms with Gasteiger partial charge in [0.25, 0.3) is 0 Å². The van der Waals surface area contributed by atoms with E-state index in [1.807, 2.05) is 53.1 Å². The molecule has 0 atom stereocenters. The third-order valence-electron chi connectivity index (χ3n) is 4.98. The molecule has 0 radical (unpaired) electrons. The van der Waals surface area contributed by atoms with Crippen molar-refractivity contribution in [3.05, 3.63) is 60.6 Å². The summed E-state index contributed by atoms with van der Waals surface area (Å²) >= 11 is 0. The van der Waals surface area contributed by atoms with E-state index in [4.69, 9.17) is 9.15 Å². The average molecular weight is 418 g/mol. The molecule has 0 unspecified atom stereocenters. The second-order valence-corrected chi connectivity index (χ2v) is 8.33. The number of para-hydroxylation sites is 2. The number of carbonyl (C=O) groups is 1. The number of hydrogen-bond acceptors (Lipinski definition) is 5. The number of rotatable bonds is 6. The van der Waals surface area contributed by atoms with Gasteiger partial charge in [-0.15, -0.1) is 0 Å². The maximum absolute atomic E-state index is 12.6. The van der Waals surface area contributed by atoms with Crippen molar-refractivity contribution < 1.29 is 13.9 Å². The van der Waals surface area contributed by atoms with E-state index < -0.39 is 0 Å². The van der Waals surface area contributed by atoms with Gasteiger partial charge in [-0.1, -0.05) is 12.1 Å². The molecule has 1 N–H and O–H groups in total. The zero-order valence-electron chi connectivity index (χ0n) is 18.2. The molecule has 4 aromatic rings. The lowest BCUT2D eigenvalue weighted by Gasteiger charge is -2.24. The number of methoxy groups -OCH3 is 1. The summed E-state index contributed by atoms with van der Waals surface area (Å²) in [5.74, 6) is 2.37. The lowest BCUT2D eigenvalue weighted by molar-refractivity contribution is -0.116. The number of nitrogens with one attached hydrogen (secondary N) is 1. The van der Waals surface area contributed by atoms with Crippen molar-refractivity contribution >= 4 is 22.9 Å². The van der Waals surface area contributed by atoms with E-state index in [0.29, 0.717) is 24.0 Å². The molecule has 0 saturated carbocycles. The van der Waals surface area contributed by atoms with Gasteiger partial charge in [-0.2, -0.15) is 0 Å². The molecule has 0 fully saturated rings. The Morgan fingerprint density at radius 3 is 2.58 bits per heavy atom. The molecule has 0 saturated heterocycles. The van der Waals surface area contributed by atoms with Crippen molar-refractivity contribution in [3.63, 3.8) is 0 Å². The van der Waals surface area contributed by atoms with E-state index in [2.05, 4.69) is 36.1 Å². The number of carbonyl (C=O) groups excluding carboxylic acids is 1. The largest absolute Gasteiger partial charge is 0.497 e. The van der Waals surface area contributed by atoms with Crippen LogP contribution in [0.15, 0.2) is 59.1 Å². The molecule has 2 aromatic carbocycles. The molecule has 7 nitrogen and oxygen atoms in total. The lowest BCUT2D eigenvalue weighted by Crippen LogP contribution is -2.26. The van der Waals surface area contributed by atoms with Crippen LogP contribution in [-0.2, 0) is 16.8 Å². The Kier molecular flexibility index (Phi) is 5.50. The molecule has 7 heteroatoms. The van der Waals surface area contributed by atoms with Crippen LogP contribution < -0.4 is 10.1 Å². The van der Waals surface area contributed by atoms with Gasteiger partial charge in [0, 0.05) is 23.9 Å². The topological polar surface area (TPSA) is 82.2 Å². The number of hydrogen-bond donors (Lipinski definition) is 1. The number of aromatic nitrogens is 3. The number of imidazole rings is 1. The Hall–Kier alpha value is -3.61.